The lowest BCUT2D eigenvalue weighted by Gasteiger charge is -2.41. The van der Waals surface area contributed by atoms with Crippen LogP contribution in [0.3, 0.4) is 0 Å². The smallest absolute Gasteiger partial charge is 0.321 e. The molecule has 1 unspecified atom stereocenters. The van der Waals surface area contributed by atoms with Crippen LogP contribution in [0.5, 0.6) is 0 Å². The highest BCUT2D eigenvalue weighted by Crippen LogP contribution is 2.51. The van der Waals surface area contributed by atoms with Crippen LogP contribution < -0.4 is 5.32 Å². The van der Waals surface area contributed by atoms with Gasteiger partial charge in [0.15, 0.2) is 0 Å². The zero-order valence-electron chi connectivity index (χ0n) is 16.8. The predicted octanol–water partition coefficient (Wildman–Crippen LogP) is 5.86. The van der Waals surface area contributed by atoms with E-state index in [1.807, 2.05) is 52.9 Å². The second kappa shape index (κ2) is 7.70. The van der Waals surface area contributed by atoms with Gasteiger partial charge in [0.25, 0.3) is 5.91 Å². The van der Waals surface area contributed by atoms with Crippen molar-refractivity contribution in [2.24, 2.45) is 5.10 Å². The Kier molecular flexibility index (Phi) is 4.97. The van der Waals surface area contributed by atoms with Crippen molar-refractivity contribution < 1.29 is 18.0 Å². The van der Waals surface area contributed by atoms with Crippen LogP contribution in [-0.2, 0) is 22.9 Å². The molecule has 2 aliphatic rings. The number of fused-ring (bicyclic) bond motifs is 2. The van der Waals surface area contributed by atoms with Gasteiger partial charge >= 0.3 is 6.18 Å². The zero-order valence-corrected chi connectivity index (χ0v) is 17.6. The number of rotatable bonds is 3. The van der Waals surface area contributed by atoms with Crippen molar-refractivity contribution in [1.29, 1.82) is 0 Å². The molecule has 0 fully saturated rings. The molecule has 3 aromatic carbocycles. The molecule has 8 heteroatoms. The van der Waals surface area contributed by atoms with E-state index in [0.717, 1.165) is 22.6 Å². The van der Waals surface area contributed by atoms with Gasteiger partial charge in [0.05, 0.1) is 5.56 Å². The van der Waals surface area contributed by atoms with Gasteiger partial charge in [-0.2, -0.15) is 18.3 Å². The molecule has 1 N–H and O–H groups in total. The predicted molar refractivity (Wildman–Crippen MR) is 118 cm³/mol. The molecule has 0 bridgehead atoms. The molecule has 5 rings (SSSR count). The summed E-state index contributed by atoms with van der Waals surface area (Å²) in [5.74, 6) is -0.417. The van der Waals surface area contributed by atoms with Gasteiger partial charge in [0.1, 0.15) is 11.3 Å². The van der Waals surface area contributed by atoms with Gasteiger partial charge in [-0.25, -0.2) is 4.41 Å². The van der Waals surface area contributed by atoms with Crippen LogP contribution in [-0.4, -0.2) is 16.0 Å². The zero-order chi connectivity index (χ0) is 22.3. The van der Waals surface area contributed by atoms with Crippen LogP contribution in [0.2, 0.25) is 0 Å². The average Bonchev–Trinajstić information content (AvgIpc) is 3.17. The molecule has 1 atom stereocenters. The summed E-state index contributed by atoms with van der Waals surface area (Å²) in [6, 6.07) is 22.4. The van der Waals surface area contributed by atoms with Crippen LogP contribution in [0, 0.1) is 0 Å². The van der Waals surface area contributed by atoms with Gasteiger partial charge in [0, 0.05) is 35.4 Å². The van der Waals surface area contributed by atoms with Crippen molar-refractivity contribution in [1.82, 2.24) is 4.41 Å². The van der Waals surface area contributed by atoms with E-state index in [4.69, 9.17) is 0 Å². The number of nitrogens with zero attached hydrogens (tertiary/aromatic N) is 2. The van der Waals surface area contributed by atoms with E-state index in [1.165, 1.54) is 29.6 Å². The maximum absolute atomic E-state index is 13.0. The summed E-state index contributed by atoms with van der Waals surface area (Å²) in [4.78, 5) is 14.1. The van der Waals surface area contributed by atoms with Crippen LogP contribution in [0.1, 0.15) is 23.1 Å². The second-order valence-corrected chi connectivity index (χ2v) is 8.77. The Hall–Kier alpha value is -3.26. The van der Waals surface area contributed by atoms with Crippen LogP contribution in [0.15, 0.2) is 88.9 Å². The molecular formula is C24H18F3N3OS. The number of benzene rings is 3. The van der Waals surface area contributed by atoms with Crippen molar-refractivity contribution in [2.45, 2.75) is 29.5 Å². The van der Waals surface area contributed by atoms with Gasteiger partial charge in [0.2, 0.25) is 0 Å². The Morgan fingerprint density at radius 3 is 2.34 bits per heavy atom. The Labute approximate surface area is 187 Å². The minimum atomic E-state index is -4.42. The number of alkyl halides is 3. The van der Waals surface area contributed by atoms with Gasteiger partial charge < -0.3 is 5.32 Å². The normalized spacial score (nSPS) is 19.7. The fourth-order valence-electron chi connectivity index (χ4n) is 4.10. The molecule has 0 saturated heterocycles. The highest BCUT2D eigenvalue weighted by molar-refractivity contribution is 7.97. The quantitative estimate of drug-likeness (QED) is 0.505. The second-order valence-electron chi connectivity index (χ2n) is 7.80. The first kappa shape index (κ1) is 20.6. The summed E-state index contributed by atoms with van der Waals surface area (Å²) in [7, 11) is 0. The fraction of sp³-hybridized carbons (Fsp3) is 0.167. The SMILES string of the molecule is O=C(Nc1ccc(C(F)(F)F)cc1)C1=NN2Sc3ccccc3CC2(c2ccccc2)C1. The van der Waals surface area contributed by atoms with E-state index >= 15 is 0 Å². The van der Waals surface area contributed by atoms with Crippen molar-refractivity contribution in [3.8, 4) is 0 Å². The lowest BCUT2D eigenvalue weighted by molar-refractivity contribution is -0.137. The van der Waals surface area contributed by atoms with Gasteiger partial charge in [-0.05, 0) is 41.5 Å². The van der Waals surface area contributed by atoms with E-state index in [9.17, 15) is 18.0 Å². The van der Waals surface area contributed by atoms with Crippen LogP contribution in [0.4, 0.5) is 18.9 Å². The van der Waals surface area contributed by atoms with Crippen molar-refractivity contribution >= 4 is 29.3 Å². The van der Waals surface area contributed by atoms with Crippen molar-refractivity contribution in [3.05, 3.63) is 95.6 Å². The molecular weight excluding hydrogens is 435 g/mol. The van der Waals surface area contributed by atoms with E-state index in [2.05, 4.69) is 16.5 Å². The number of nitrogens with one attached hydrogen (secondary N) is 1. The van der Waals surface area contributed by atoms with E-state index in [1.54, 1.807) is 0 Å². The fourth-order valence-corrected chi connectivity index (χ4v) is 5.24. The Balaban J connectivity index is 1.43. The molecule has 2 heterocycles. The first-order chi connectivity index (χ1) is 15.3. The van der Waals surface area contributed by atoms with Crippen LogP contribution >= 0.6 is 11.9 Å². The molecule has 0 aliphatic carbocycles. The molecule has 2 aliphatic heterocycles. The number of anilines is 1. The molecule has 0 saturated carbocycles. The molecule has 162 valence electrons. The Morgan fingerprint density at radius 2 is 1.62 bits per heavy atom. The van der Waals surface area contributed by atoms with E-state index in [0.29, 0.717) is 24.2 Å². The van der Waals surface area contributed by atoms with Crippen molar-refractivity contribution in [3.63, 3.8) is 0 Å². The molecule has 0 aromatic heterocycles. The molecule has 4 nitrogen and oxygen atoms in total. The first-order valence-corrected chi connectivity index (χ1v) is 10.8. The summed E-state index contributed by atoms with van der Waals surface area (Å²) in [6.45, 7) is 0. The highest BCUT2D eigenvalue weighted by atomic mass is 32.2. The number of hydrogen-bond donors (Lipinski definition) is 1. The highest BCUT2D eigenvalue weighted by Gasteiger charge is 2.49. The topological polar surface area (TPSA) is 44.7 Å². The average molecular weight is 453 g/mol. The maximum Gasteiger partial charge on any atom is 0.416 e. The lowest BCUT2D eigenvalue weighted by atomic mass is 9.80. The summed E-state index contributed by atoms with van der Waals surface area (Å²) in [6.07, 6.45) is -3.33. The summed E-state index contributed by atoms with van der Waals surface area (Å²) in [5.41, 5.74) is 1.62. The number of hydrogen-bond acceptors (Lipinski definition) is 4. The number of carbonyl (C=O) groups is 1. The Bertz CT molecular complexity index is 1200. The summed E-state index contributed by atoms with van der Waals surface area (Å²) < 4.78 is 40.3. The first-order valence-electron chi connectivity index (χ1n) is 10.0. The standard InChI is InChI=1S/C24H18F3N3OS/c25-24(26,27)18-10-12-19(13-11-18)28-22(31)20-15-23(17-7-2-1-3-8-17)14-16-6-4-5-9-21(16)32-30(23)29-20/h1-13H,14-15H2,(H,28,31). The van der Waals surface area contributed by atoms with E-state index < -0.39 is 23.2 Å². The number of hydrazone groups is 1. The van der Waals surface area contributed by atoms with Gasteiger partial charge in [-0.15, -0.1) is 0 Å². The third-order valence-electron chi connectivity index (χ3n) is 5.72. The molecule has 3 aromatic rings. The number of amides is 1. The maximum atomic E-state index is 13.0. The molecule has 0 radical (unpaired) electrons. The van der Waals surface area contributed by atoms with Gasteiger partial charge in [-0.1, -0.05) is 48.5 Å². The molecule has 32 heavy (non-hydrogen) atoms. The summed E-state index contributed by atoms with van der Waals surface area (Å²) in [5, 5.41) is 7.32. The van der Waals surface area contributed by atoms with Crippen molar-refractivity contribution in [2.75, 3.05) is 5.32 Å². The number of halogens is 3. The minimum Gasteiger partial charge on any atom is -0.321 e. The van der Waals surface area contributed by atoms with Gasteiger partial charge in [-0.3, -0.25) is 4.79 Å². The number of carbonyl (C=O) groups excluding carboxylic acids is 1. The van der Waals surface area contributed by atoms with E-state index in [-0.39, 0.29) is 0 Å². The minimum absolute atomic E-state index is 0.292. The third-order valence-corrected chi connectivity index (χ3v) is 6.92. The van der Waals surface area contributed by atoms with Crippen LogP contribution in [0.25, 0.3) is 0 Å². The third kappa shape index (κ3) is 3.64. The summed E-state index contributed by atoms with van der Waals surface area (Å²) >= 11 is 1.49. The largest absolute Gasteiger partial charge is 0.416 e. The monoisotopic (exact) mass is 453 g/mol. The Morgan fingerprint density at radius 1 is 0.938 bits per heavy atom. The lowest BCUT2D eigenvalue weighted by Crippen LogP contribution is -2.41. The molecule has 1 amide bonds. The molecule has 0 spiro atoms.